The third-order valence-electron chi connectivity index (χ3n) is 5.73. The molecular formula is C25H20F2N4O3. The van der Waals surface area contributed by atoms with Crippen molar-refractivity contribution in [3.8, 4) is 17.7 Å². The number of halogens is 2. The number of rotatable bonds is 3. The number of carbonyl (C=O) groups is 2. The molecule has 0 saturated carbocycles. The zero-order chi connectivity index (χ0) is 24.5. The van der Waals surface area contributed by atoms with Crippen molar-refractivity contribution < 1.29 is 23.1 Å². The number of imide groups is 1. The van der Waals surface area contributed by atoms with Gasteiger partial charge in [-0.2, -0.15) is 0 Å². The van der Waals surface area contributed by atoms with Crippen LogP contribution in [-0.4, -0.2) is 41.2 Å². The number of aromatic nitrogens is 2. The van der Waals surface area contributed by atoms with Gasteiger partial charge in [-0.15, -0.1) is 10.2 Å². The van der Waals surface area contributed by atoms with Crippen LogP contribution in [0, 0.1) is 23.5 Å². The fourth-order valence-electron chi connectivity index (χ4n) is 3.68. The van der Waals surface area contributed by atoms with Crippen molar-refractivity contribution in [3.05, 3.63) is 83.1 Å². The Morgan fingerprint density at radius 2 is 1.62 bits per heavy atom. The summed E-state index contributed by atoms with van der Waals surface area (Å²) in [6, 6.07) is 13.2. The number of nitrogens with zero attached hydrogens (tertiary/aromatic N) is 4. The molecule has 0 aliphatic carbocycles. The first-order valence-electron chi connectivity index (χ1n) is 10.3. The number of amides is 3. The minimum atomic E-state index is -1.17. The highest BCUT2D eigenvalue weighted by molar-refractivity contribution is 6.16. The summed E-state index contributed by atoms with van der Waals surface area (Å²) >= 11 is 0. The smallest absolute Gasteiger partial charge is 0.332 e. The molecule has 2 heterocycles. The van der Waals surface area contributed by atoms with E-state index < -0.39 is 34.8 Å². The van der Waals surface area contributed by atoms with E-state index in [2.05, 4.69) is 22.0 Å². The van der Waals surface area contributed by atoms with Gasteiger partial charge in [0.1, 0.15) is 5.69 Å². The Morgan fingerprint density at radius 1 is 0.971 bits per heavy atom. The van der Waals surface area contributed by atoms with Crippen molar-refractivity contribution >= 4 is 17.6 Å². The topological polar surface area (TPSA) is 75.6 Å². The molecule has 1 aliphatic heterocycles. The van der Waals surface area contributed by atoms with Crippen LogP contribution in [0.5, 0.6) is 5.88 Å². The lowest BCUT2D eigenvalue weighted by Crippen LogP contribution is -2.60. The molecule has 7 nitrogen and oxygen atoms in total. The van der Waals surface area contributed by atoms with Crippen molar-refractivity contribution in [3.63, 3.8) is 0 Å². The van der Waals surface area contributed by atoms with Gasteiger partial charge in [-0.05, 0) is 37.3 Å². The summed E-state index contributed by atoms with van der Waals surface area (Å²) in [5.41, 5.74) is -0.819. The van der Waals surface area contributed by atoms with Crippen LogP contribution in [0.15, 0.2) is 54.6 Å². The summed E-state index contributed by atoms with van der Waals surface area (Å²) in [6.45, 7) is 1.63. The predicted molar refractivity (Wildman–Crippen MR) is 120 cm³/mol. The predicted octanol–water partition coefficient (Wildman–Crippen LogP) is 3.87. The molecule has 2 aromatic carbocycles. The second kappa shape index (κ2) is 8.90. The molecule has 1 atom stereocenters. The molecule has 34 heavy (non-hydrogen) atoms. The van der Waals surface area contributed by atoms with E-state index in [9.17, 15) is 18.4 Å². The highest BCUT2D eigenvalue weighted by Crippen LogP contribution is 2.38. The summed E-state index contributed by atoms with van der Waals surface area (Å²) in [7, 11) is 2.87. The van der Waals surface area contributed by atoms with Crippen molar-refractivity contribution in [1.82, 2.24) is 15.1 Å². The summed E-state index contributed by atoms with van der Waals surface area (Å²) in [4.78, 5) is 27.9. The molecule has 4 rings (SSSR count). The van der Waals surface area contributed by atoms with Gasteiger partial charge in [0.2, 0.25) is 11.8 Å². The van der Waals surface area contributed by atoms with E-state index >= 15 is 0 Å². The number of carbonyl (C=O) groups excluding carboxylic acids is 2. The number of benzene rings is 2. The van der Waals surface area contributed by atoms with Crippen LogP contribution in [0.4, 0.5) is 19.3 Å². The molecule has 1 aliphatic rings. The highest BCUT2D eigenvalue weighted by Gasteiger charge is 2.48. The zero-order valence-electron chi connectivity index (χ0n) is 18.7. The Bertz CT molecular complexity index is 1300. The van der Waals surface area contributed by atoms with Crippen molar-refractivity contribution in [2.45, 2.75) is 18.9 Å². The summed E-state index contributed by atoms with van der Waals surface area (Å²) in [5, 5.41) is 7.94. The molecule has 0 N–H and O–H groups in total. The van der Waals surface area contributed by atoms with Crippen LogP contribution in [0.25, 0.3) is 0 Å². The van der Waals surface area contributed by atoms with E-state index in [1.807, 2.05) is 6.07 Å². The van der Waals surface area contributed by atoms with Gasteiger partial charge in [0, 0.05) is 24.2 Å². The first-order valence-corrected chi connectivity index (χ1v) is 10.3. The van der Waals surface area contributed by atoms with E-state index in [0.717, 1.165) is 12.1 Å². The van der Waals surface area contributed by atoms with Crippen LogP contribution >= 0.6 is 0 Å². The number of ether oxygens (including phenoxy) is 1. The minimum absolute atomic E-state index is 0.0752. The monoisotopic (exact) mass is 462 g/mol. The Kier molecular flexibility index (Phi) is 5.99. The molecule has 1 saturated heterocycles. The normalized spacial score (nSPS) is 17.9. The van der Waals surface area contributed by atoms with Gasteiger partial charge in [0.15, 0.2) is 11.6 Å². The van der Waals surface area contributed by atoms with Crippen molar-refractivity contribution in [1.29, 1.82) is 0 Å². The van der Waals surface area contributed by atoms with Gasteiger partial charge in [-0.1, -0.05) is 30.0 Å². The van der Waals surface area contributed by atoms with Gasteiger partial charge >= 0.3 is 6.03 Å². The number of hydrogen-bond donors (Lipinski definition) is 0. The summed E-state index contributed by atoms with van der Waals surface area (Å²) < 4.78 is 35.0. The maximum atomic E-state index is 15.0. The first kappa shape index (κ1) is 22.9. The number of anilines is 1. The van der Waals surface area contributed by atoms with Crippen LogP contribution in [0.1, 0.15) is 30.2 Å². The number of urea groups is 1. The number of hydrogen-bond acceptors (Lipinski definition) is 5. The average molecular weight is 462 g/mol. The third kappa shape index (κ3) is 4.06. The Hall–Kier alpha value is -4.32. The SMILES string of the molecule is COc1ccc([C@]2(C)CC(=O)N(c3c(F)cc(C#Cc4ccccc4)cc3F)C(=O)N2C)nn1. The second-order valence-corrected chi connectivity index (χ2v) is 7.89. The lowest BCUT2D eigenvalue weighted by atomic mass is 9.88. The zero-order valence-corrected chi connectivity index (χ0v) is 18.7. The maximum absolute atomic E-state index is 15.0. The van der Waals surface area contributed by atoms with Crippen LogP contribution in [0.3, 0.4) is 0 Å². The van der Waals surface area contributed by atoms with Gasteiger partial charge < -0.3 is 9.64 Å². The maximum Gasteiger partial charge on any atom is 0.332 e. The lowest BCUT2D eigenvalue weighted by Gasteiger charge is -2.44. The first-order chi connectivity index (χ1) is 16.2. The van der Waals surface area contributed by atoms with E-state index in [0.29, 0.717) is 16.2 Å². The van der Waals surface area contributed by atoms with Crippen LogP contribution in [0.2, 0.25) is 0 Å². The Labute approximate surface area is 195 Å². The minimum Gasteiger partial charge on any atom is -0.480 e. The van der Waals surface area contributed by atoms with E-state index in [-0.39, 0.29) is 17.9 Å². The van der Waals surface area contributed by atoms with Crippen LogP contribution in [-0.2, 0) is 10.3 Å². The lowest BCUT2D eigenvalue weighted by molar-refractivity contribution is -0.122. The van der Waals surface area contributed by atoms with E-state index in [4.69, 9.17) is 4.74 Å². The molecular weight excluding hydrogens is 442 g/mol. The molecule has 172 valence electrons. The molecule has 3 amide bonds. The largest absolute Gasteiger partial charge is 0.480 e. The van der Waals surface area contributed by atoms with Crippen LogP contribution < -0.4 is 9.64 Å². The molecule has 3 aromatic rings. The molecule has 1 aromatic heterocycles. The Morgan fingerprint density at radius 3 is 2.21 bits per heavy atom. The number of methoxy groups -OCH3 is 1. The van der Waals surface area contributed by atoms with Gasteiger partial charge in [0.25, 0.3) is 0 Å². The average Bonchev–Trinajstić information content (AvgIpc) is 2.83. The van der Waals surface area contributed by atoms with Crippen molar-refractivity contribution in [2.24, 2.45) is 0 Å². The van der Waals surface area contributed by atoms with Gasteiger partial charge in [-0.25, -0.2) is 18.5 Å². The standard InChI is InChI=1S/C25H20F2N4O3/c1-25(20-11-12-21(34-3)29-28-20)15-22(32)31(24(33)30(25)2)23-18(26)13-17(14-19(23)27)10-9-16-7-5-4-6-8-16/h4-8,11-14H,15H2,1-3H3/t25-/m0/s1. The van der Waals surface area contributed by atoms with Crippen molar-refractivity contribution in [2.75, 3.05) is 19.1 Å². The molecule has 0 unspecified atom stereocenters. The van der Waals surface area contributed by atoms with Gasteiger partial charge in [-0.3, -0.25) is 4.79 Å². The highest BCUT2D eigenvalue weighted by atomic mass is 19.1. The van der Waals surface area contributed by atoms with E-state index in [1.54, 1.807) is 43.3 Å². The quantitative estimate of drug-likeness (QED) is 0.553. The van der Waals surface area contributed by atoms with Gasteiger partial charge in [0.05, 0.1) is 24.8 Å². The second-order valence-electron chi connectivity index (χ2n) is 7.89. The molecule has 9 heteroatoms. The van der Waals surface area contributed by atoms with E-state index in [1.165, 1.54) is 19.1 Å². The Balaban J connectivity index is 1.66. The molecule has 1 fully saturated rings. The fraction of sp³-hybridized carbons (Fsp3) is 0.200. The molecule has 0 radical (unpaired) electrons. The molecule has 0 spiro atoms. The third-order valence-corrected chi connectivity index (χ3v) is 5.73. The fourth-order valence-corrected chi connectivity index (χ4v) is 3.68. The molecule has 0 bridgehead atoms. The summed E-state index contributed by atoms with van der Waals surface area (Å²) in [6.07, 6.45) is -0.259. The summed E-state index contributed by atoms with van der Waals surface area (Å²) in [5.74, 6) is 2.86.